The maximum Gasteiger partial charge on any atom is 0.261 e. The summed E-state index contributed by atoms with van der Waals surface area (Å²) in [5.41, 5.74) is 0.793. The molecule has 0 bridgehead atoms. The first kappa shape index (κ1) is 19.3. The molecule has 150 valence electrons. The lowest BCUT2D eigenvalue weighted by molar-refractivity contribution is -0.134. The molecular weight excluding hydrogens is 394 g/mol. The van der Waals surface area contributed by atoms with Crippen LogP contribution in [0.4, 0.5) is 0 Å². The zero-order valence-corrected chi connectivity index (χ0v) is 16.6. The molecule has 0 N–H and O–H groups in total. The van der Waals surface area contributed by atoms with Crippen molar-refractivity contribution in [3.05, 3.63) is 59.4 Å². The molecule has 7 nitrogen and oxygen atoms in total. The van der Waals surface area contributed by atoms with Crippen LogP contribution in [0.2, 0.25) is 5.02 Å². The van der Waals surface area contributed by atoms with Crippen molar-refractivity contribution >= 4 is 17.5 Å². The Morgan fingerprint density at radius 2 is 2.07 bits per heavy atom. The number of methoxy groups -OCH3 is 1. The first-order chi connectivity index (χ1) is 14.1. The van der Waals surface area contributed by atoms with Crippen molar-refractivity contribution in [2.75, 3.05) is 20.3 Å². The predicted octanol–water partition coefficient (Wildman–Crippen LogP) is 4.14. The number of amides is 1. The number of aromatic nitrogens is 2. The smallest absolute Gasteiger partial charge is 0.261 e. The lowest BCUT2D eigenvalue weighted by atomic mass is 10.2. The Kier molecular flexibility index (Phi) is 5.67. The predicted molar refractivity (Wildman–Crippen MR) is 107 cm³/mol. The number of hydrogen-bond acceptors (Lipinski definition) is 6. The summed E-state index contributed by atoms with van der Waals surface area (Å²) in [5, 5.41) is 4.70. The maximum atomic E-state index is 12.7. The first-order valence-electron chi connectivity index (χ1n) is 9.30. The van der Waals surface area contributed by atoms with Crippen LogP contribution in [0.25, 0.3) is 11.4 Å². The van der Waals surface area contributed by atoms with E-state index >= 15 is 0 Å². The van der Waals surface area contributed by atoms with Gasteiger partial charge in [-0.15, -0.1) is 0 Å². The van der Waals surface area contributed by atoms with Crippen molar-refractivity contribution < 1.29 is 18.8 Å². The average Bonchev–Trinajstić information content (AvgIpc) is 3.42. The first-order valence-corrected chi connectivity index (χ1v) is 9.68. The molecule has 8 heteroatoms. The quantitative estimate of drug-likeness (QED) is 0.604. The molecule has 1 fully saturated rings. The van der Waals surface area contributed by atoms with Crippen LogP contribution in [0.3, 0.4) is 0 Å². The SMILES string of the molecule is COc1cccc(-c2noc(C3CCCN3C(=O)COc3ccc(Cl)cc3)n2)c1. The number of nitrogens with zero attached hydrogens (tertiary/aromatic N) is 3. The molecule has 1 amide bonds. The molecule has 0 aliphatic carbocycles. The summed E-state index contributed by atoms with van der Waals surface area (Å²) in [7, 11) is 1.61. The molecule has 0 saturated carbocycles. The molecule has 1 atom stereocenters. The van der Waals surface area contributed by atoms with Crippen molar-refractivity contribution in [2.24, 2.45) is 0 Å². The van der Waals surface area contributed by atoms with Gasteiger partial charge in [-0.1, -0.05) is 28.9 Å². The lowest BCUT2D eigenvalue weighted by Gasteiger charge is -2.21. The summed E-state index contributed by atoms with van der Waals surface area (Å²) >= 11 is 5.87. The topological polar surface area (TPSA) is 77.7 Å². The van der Waals surface area contributed by atoms with E-state index in [9.17, 15) is 4.79 Å². The zero-order chi connectivity index (χ0) is 20.2. The van der Waals surface area contributed by atoms with E-state index in [4.69, 9.17) is 25.6 Å². The van der Waals surface area contributed by atoms with E-state index in [2.05, 4.69) is 10.1 Å². The second-order valence-corrected chi connectivity index (χ2v) is 7.11. The summed E-state index contributed by atoms with van der Waals surface area (Å²) in [4.78, 5) is 18.9. The molecular formula is C21H20ClN3O4. The van der Waals surface area contributed by atoms with E-state index in [1.54, 1.807) is 36.3 Å². The fraction of sp³-hybridized carbons (Fsp3) is 0.286. The van der Waals surface area contributed by atoms with E-state index in [-0.39, 0.29) is 18.6 Å². The van der Waals surface area contributed by atoms with Crippen LogP contribution in [-0.4, -0.2) is 41.2 Å². The minimum absolute atomic E-state index is 0.0605. The third kappa shape index (κ3) is 4.35. The number of carbonyl (C=O) groups excluding carboxylic acids is 1. The highest BCUT2D eigenvalue weighted by Gasteiger charge is 2.34. The van der Waals surface area contributed by atoms with Gasteiger partial charge in [-0.05, 0) is 49.2 Å². The van der Waals surface area contributed by atoms with Crippen LogP contribution in [0, 0.1) is 0 Å². The Morgan fingerprint density at radius 3 is 2.86 bits per heavy atom. The molecule has 2 heterocycles. The monoisotopic (exact) mass is 413 g/mol. The molecule has 2 aromatic carbocycles. The number of benzene rings is 2. The summed E-state index contributed by atoms with van der Waals surface area (Å²) < 4.78 is 16.3. The van der Waals surface area contributed by atoms with Gasteiger partial charge in [-0.25, -0.2) is 0 Å². The van der Waals surface area contributed by atoms with Crippen LogP contribution < -0.4 is 9.47 Å². The minimum atomic E-state index is -0.247. The van der Waals surface area contributed by atoms with Gasteiger partial charge < -0.3 is 18.9 Å². The number of hydrogen-bond donors (Lipinski definition) is 0. The molecule has 0 spiro atoms. The summed E-state index contributed by atoms with van der Waals surface area (Å²) in [6, 6.07) is 14.1. The van der Waals surface area contributed by atoms with Gasteiger partial charge in [0.05, 0.1) is 7.11 Å². The van der Waals surface area contributed by atoms with E-state index in [0.717, 1.165) is 18.4 Å². The van der Waals surface area contributed by atoms with Crippen molar-refractivity contribution in [1.29, 1.82) is 0 Å². The largest absolute Gasteiger partial charge is 0.497 e. The molecule has 29 heavy (non-hydrogen) atoms. The average molecular weight is 414 g/mol. The van der Waals surface area contributed by atoms with E-state index in [1.807, 2.05) is 24.3 Å². The Hall–Kier alpha value is -3.06. The van der Waals surface area contributed by atoms with Crippen molar-refractivity contribution in [2.45, 2.75) is 18.9 Å². The molecule has 1 aliphatic rings. The number of ether oxygens (including phenoxy) is 2. The Labute approximate surface area is 173 Å². The second-order valence-electron chi connectivity index (χ2n) is 6.68. The van der Waals surface area contributed by atoms with Crippen LogP contribution in [0.1, 0.15) is 24.8 Å². The van der Waals surface area contributed by atoms with Gasteiger partial charge in [0, 0.05) is 17.1 Å². The number of likely N-dealkylation sites (tertiary alicyclic amines) is 1. The van der Waals surface area contributed by atoms with Crippen LogP contribution in [0.5, 0.6) is 11.5 Å². The molecule has 1 aliphatic heterocycles. The molecule has 1 saturated heterocycles. The van der Waals surface area contributed by atoms with Crippen molar-refractivity contribution in [3.63, 3.8) is 0 Å². The van der Waals surface area contributed by atoms with Crippen LogP contribution in [-0.2, 0) is 4.79 Å². The normalized spacial score (nSPS) is 16.1. The van der Waals surface area contributed by atoms with Gasteiger partial charge in [0.2, 0.25) is 11.7 Å². The molecule has 3 aromatic rings. The highest BCUT2D eigenvalue weighted by Crippen LogP contribution is 2.32. The van der Waals surface area contributed by atoms with Gasteiger partial charge >= 0.3 is 0 Å². The lowest BCUT2D eigenvalue weighted by Crippen LogP contribution is -2.34. The molecule has 0 radical (unpaired) electrons. The van der Waals surface area contributed by atoms with Gasteiger partial charge in [0.1, 0.15) is 17.5 Å². The zero-order valence-electron chi connectivity index (χ0n) is 15.9. The van der Waals surface area contributed by atoms with Gasteiger partial charge in [-0.2, -0.15) is 4.98 Å². The van der Waals surface area contributed by atoms with E-state index < -0.39 is 0 Å². The standard InChI is InChI=1S/C21H20ClN3O4/c1-27-17-5-2-4-14(12-17)20-23-21(29-24-20)18-6-3-11-25(18)19(26)13-28-16-9-7-15(22)8-10-16/h2,4-5,7-10,12,18H,3,6,11,13H2,1H3. The number of rotatable bonds is 6. The third-order valence-corrected chi connectivity index (χ3v) is 5.06. The third-order valence-electron chi connectivity index (χ3n) is 4.80. The highest BCUT2D eigenvalue weighted by atomic mass is 35.5. The summed E-state index contributed by atoms with van der Waals surface area (Å²) in [5.74, 6) is 2.09. The molecule has 4 rings (SSSR count). The van der Waals surface area contributed by atoms with Gasteiger partial charge in [-0.3, -0.25) is 4.79 Å². The van der Waals surface area contributed by atoms with Crippen LogP contribution >= 0.6 is 11.6 Å². The van der Waals surface area contributed by atoms with Gasteiger partial charge in [0.25, 0.3) is 5.91 Å². The summed E-state index contributed by atoms with van der Waals surface area (Å²) in [6.45, 7) is 0.569. The Balaban J connectivity index is 1.44. The van der Waals surface area contributed by atoms with E-state index in [1.165, 1.54) is 0 Å². The van der Waals surface area contributed by atoms with Crippen molar-refractivity contribution in [1.82, 2.24) is 15.0 Å². The van der Waals surface area contributed by atoms with E-state index in [0.29, 0.717) is 34.8 Å². The Bertz CT molecular complexity index is 990. The molecule has 1 aromatic heterocycles. The number of carbonyl (C=O) groups is 1. The summed E-state index contributed by atoms with van der Waals surface area (Å²) in [6.07, 6.45) is 1.64. The van der Waals surface area contributed by atoms with Gasteiger partial charge in [0.15, 0.2) is 6.61 Å². The van der Waals surface area contributed by atoms with Crippen LogP contribution in [0.15, 0.2) is 53.1 Å². The fourth-order valence-corrected chi connectivity index (χ4v) is 3.46. The minimum Gasteiger partial charge on any atom is -0.497 e. The Morgan fingerprint density at radius 1 is 1.24 bits per heavy atom. The molecule has 1 unspecified atom stereocenters. The van der Waals surface area contributed by atoms with Crippen molar-refractivity contribution in [3.8, 4) is 22.9 Å². The maximum absolute atomic E-state index is 12.7. The number of halogens is 1. The highest BCUT2D eigenvalue weighted by molar-refractivity contribution is 6.30. The fourth-order valence-electron chi connectivity index (χ4n) is 3.33. The second kappa shape index (κ2) is 8.53.